The van der Waals surface area contributed by atoms with Crippen LogP contribution >= 0.6 is 11.6 Å². The minimum atomic E-state index is -3.59. The zero-order valence-electron chi connectivity index (χ0n) is 9.70. The van der Waals surface area contributed by atoms with Gasteiger partial charge in [0.2, 0.25) is 0 Å². The number of rotatable bonds is 4. The van der Waals surface area contributed by atoms with E-state index in [1.807, 2.05) is 0 Å². The first-order chi connectivity index (χ1) is 7.15. The zero-order valence-corrected chi connectivity index (χ0v) is 11.3. The summed E-state index contributed by atoms with van der Waals surface area (Å²) in [6.45, 7) is 6.88. The van der Waals surface area contributed by atoms with E-state index < -0.39 is 15.6 Å². The molecule has 16 heavy (non-hydrogen) atoms. The van der Waals surface area contributed by atoms with Gasteiger partial charge in [0.25, 0.3) is 10.0 Å². The van der Waals surface area contributed by atoms with Gasteiger partial charge in [-0.05, 0) is 27.7 Å². The molecule has 1 atom stereocenters. The second-order valence-electron chi connectivity index (χ2n) is 4.28. The molecule has 1 aromatic rings. The van der Waals surface area contributed by atoms with Crippen molar-refractivity contribution in [2.45, 2.75) is 43.6 Å². The Hall–Kier alpha value is -0.590. The molecule has 0 aromatic carbocycles. The van der Waals surface area contributed by atoms with Crippen LogP contribution in [0.15, 0.2) is 11.2 Å². The third-order valence-corrected chi connectivity index (χ3v) is 4.49. The fourth-order valence-electron chi connectivity index (χ4n) is 1.02. The number of imidazole rings is 1. The first kappa shape index (κ1) is 13.5. The lowest BCUT2D eigenvalue weighted by molar-refractivity contribution is 0.444. The summed E-state index contributed by atoms with van der Waals surface area (Å²) in [6, 6.07) is 0. The topological polar surface area (TPSA) is 74.8 Å². The number of hydrogen-bond donors (Lipinski definition) is 2. The molecule has 0 aliphatic heterocycles. The van der Waals surface area contributed by atoms with Gasteiger partial charge in [0, 0.05) is 10.9 Å². The minimum Gasteiger partial charge on any atom is -0.332 e. The van der Waals surface area contributed by atoms with Gasteiger partial charge in [-0.1, -0.05) is 0 Å². The van der Waals surface area contributed by atoms with Crippen molar-refractivity contribution >= 4 is 21.6 Å². The van der Waals surface area contributed by atoms with Crippen molar-refractivity contribution in [3.05, 3.63) is 12.0 Å². The third kappa shape index (κ3) is 2.96. The van der Waals surface area contributed by atoms with E-state index in [1.165, 1.54) is 6.20 Å². The monoisotopic (exact) mass is 265 g/mol. The molecule has 0 aliphatic carbocycles. The third-order valence-electron chi connectivity index (χ3n) is 2.36. The molecule has 0 bridgehead atoms. The van der Waals surface area contributed by atoms with Gasteiger partial charge in [0.15, 0.2) is 5.03 Å². The Balaban J connectivity index is 2.97. The van der Waals surface area contributed by atoms with E-state index in [4.69, 9.17) is 11.6 Å². The number of halogens is 1. The van der Waals surface area contributed by atoms with E-state index in [2.05, 4.69) is 14.7 Å². The summed E-state index contributed by atoms with van der Waals surface area (Å²) in [5, 5.41) is -0.276. The number of nitrogens with one attached hydrogen (secondary N) is 2. The Labute approximate surface area is 101 Å². The van der Waals surface area contributed by atoms with Gasteiger partial charge in [0.05, 0.1) is 6.20 Å². The highest BCUT2D eigenvalue weighted by Gasteiger charge is 2.31. The van der Waals surface area contributed by atoms with E-state index in [9.17, 15) is 8.42 Å². The van der Waals surface area contributed by atoms with Crippen LogP contribution in [0.3, 0.4) is 0 Å². The molecule has 0 aliphatic rings. The van der Waals surface area contributed by atoms with Gasteiger partial charge in [-0.2, -0.15) is 0 Å². The first-order valence-corrected chi connectivity index (χ1v) is 6.77. The maximum Gasteiger partial charge on any atom is 0.258 e. The molecular formula is C9H16ClN3O2S. The molecule has 1 unspecified atom stereocenters. The standard InChI is InChI=1S/C9H16ClN3O2S/c1-6(10)9(3,4)13-16(14,15)8-5-11-7(2)12-8/h5-6,13H,1-4H3,(H,11,12). The number of nitrogens with zero attached hydrogens (tertiary/aromatic N) is 1. The van der Waals surface area contributed by atoms with E-state index in [-0.39, 0.29) is 10.4 Å². The van der Waals surface area contributed by atoms with Crippen LogP contribution in [0.5, 0.6) is 0 Å². The van der Waals surface area contributed by atoms with E-state index in [1.54, 1.807) is 27.7 Å². The Bertz CT molecular complexity index is 465. The van der Waals surface area contributed by atoms with Crippen LogP contribution in [0.1, 0.15) is 26.6 Å². The van der Waals surface area contributed by atoms with Crippen molar-refractivity contribution in [1.82, 2.24) is 14.7 Å². The van der Waals surface area contributed by atoms with E-state index >= 15 is 0 Å². The fourth-order valence-corrected chi connectivity index (χ4v) is 2.59. The zero-order chi connectivity index (χ0) is 12.6. The number of hydrogen-bond acceptors (Lipinski definition) is 3. The van der Waals surface area contributed by atoms with Crippen molar-refractivity contribution in [3.8, 4) is 0 Å². The van der Waals surface area contributed by atoms with Crippen LogP contribution in [0.2, 0.25) is 0 Å². The summed E-state index contributed by atoms with van der Waals surface area (Å²) in [4.78, 5) is 6.52. The maximum atomic E-state index is 11.9. The summed E-state index contributed by atoms with van der Waals surface area (Å²) >= 11 is 5.92. The predicted octanol–water partition coefficient (Wildman–Crippen LogP) is 1.40. The Morgan fingerprint density at radius 3 is 2.50 bits per heavy atom. The van der Waals surface area contributed by atoms with Crippen LogP contribution in [-0.2, 0) is 10.0 Å². The maximum absolute atomic E-state index is 11.9. The number of aryl methyl sites for hydroxylation is 1. The lowest BCUT2D eigenvalue weighted by atomic mass is 10.0. The highest BCUT2D eigenvalue weighted by molar-refractivity contribution is 7.89. The van der Waals surface area contributed by atoms with Crippen molar-refractivity contribution in [1.29, 1.82) is 0 Å². The minimum absolute atomic E-state index is 0.0513. The molecule has 0 amide bonds. The van der Waals surface area contributed by atoms with Crippen molar-refractivity contribution in [2.24, 2.45) is 0 Å². The van der Waals surface area contributed by atoms with E-state index in [0.29, 0.717) is 5.82 Å². The van der Waals surface area contributed by atoms with Crippen LogP contribution in [0, 0.1) is 6.92 Å². The molecule has 2 N–H and O–H groups in total. The summed E-state index contributed by atoms with van der Waals surface area (Å²) < 4.78 is 26.4. The van der Waals surface area contributed by atoms with Gasteiger partial charge in [-0.25, -0.2) is 18.1 Å². The molecular weight excluding hydrogens is 250 g/mol. The predicted molar refractivity (Wildman–Crippen MR) is 63.0 cm³/mol. The quantitative estimate of drug-likeness (QED) is 0.808. The largest absolute Gasteiger partial charge is 0.332 e. The number of alkyl halides is 1. The molecule has 0 saturated heterocycles. The first-order valence-electron chi connectivity index (χ1n) is 4.85. The number of aromatic amines is 1. The lowest BCUT2D eigenvalue weighted by Gasteiger charge is -2.28. The van der Waals surface area contributed by atoms with Crippen molar-refractivity contribution in [3.63, 3.8) is 0 Å². The van der Waals surface area contributed by atoms with Crippen molar-refractivity contribution in [2.75, 3.05) is 0 Å². The summed E-state index contributed by atoms with van der Waals surface area (Å²) in [5.74, 6) is 0.553. The van der Waals surface area contributed by atoms with Gasteiger partial charge in [-0.15, -0.1) is 11.6 Å². The fraction of sp³-hybridized carbons (Fsp3) is 0.667. The van der Waals surface area contributed by atoms with Crippen molar-refractivity contribution < 1.29 is 8.42 Å². The molecule has 1 heterocycles. The molecule has 0 spiro atoms. The molecule has 1 rings (SSSR count). The molecule has 0 radical (unpaired) electrons. The van der Waals surface area contributed by atoms with Gasteiger partial charge in [-0.3, -0.25) is 0 Å². The summed E-state index contributed by atoms with van der Waals surface area (Å²) in [6.07, 6.45) is 1.28. The summed E-state index contributed by atoms with van der Waals surface area (Å²) in [5.41, 5.74) is -0.723. The molecule has 5 nitrogen and oxygen atoms in total. The number of H-pyrrole nitrogens is 1. The second kappa shape index (κ2) is 4.35. The van der Waals surface area contributed by atoms with Crippen LogP contribution < -0.4 is 4.72 Å². The number of sulfonamides is 1. The Kier molecular flexibility index (Phi) is 3.66. The van der Waals surface area contributed by atoms with Gasteiger partial charge < -0.3 is 4.98 Å². The molecule has 1 aromatic heterocycles. The van der Waals surface area contributed by atoms with Crippen LogP contribution in [0.4, 0.5) is 0 Å². The molecule has 0 fully saturated rings. The normalized spacial score (nSPS) is 15.1. The lowest BCUT2D eigenvalue weighted by Crippen LogP contribution is -2.48. The molecule has 92 valence electrons. The average Bonchev–Trinajstić information content (AvgIpc) is 2.50. The SMILES string of the molecule is Cc1ncc(S(=O)(=O)NC(C)(C)C(C)Cl)[nH]1. The van der Waals surface area contributed by atoms with Crippen LogP contribution in [-0.4, -0.2) is 29.3 Å². The average molecular weight is 266 g/mol. The van der Waals surface area contributed by atoms with E-state index in [0.717, 1.165) is 0 Å². The highest BCUT2D eigenvalue weighted by atomic mass is 35.5. The Morgan fingerprint density at radius 1 is 1.56 bits per heavy atom. The van der Waals surface area contributed by atoms with Crippen LogP contribution in [0.25, 0.3) is 0 Å². The molecule has 0 saturated carbocycles. The van der Waals surface area contributed by atoms with Gasteiger partial charge in [0.1, 0.15) is 5.82 Å². The number of aromatic nitrogens is 2. The highest BCUT2D eigenvalue weighted by Crippen LogP contribution is 2.18. The smallest absolute Gasteiger partial charge is 0.258 e. The van der Waals surface area contributed by atoms with Gasteiger partial charge >= 0.3 is 0 Å². The summed E-state index contributed by atoms with van der Waals surface area (Å²) in [7, 11) is -3.59. The second-order valence-corrected chi connectivity index (χ2v) is 6.58. The molecule has 7 heteroatoms. The Morgan fingerprint density at radius 2 is 2.12 bits per heavy atom.